The number of hydrogen-bond acceptors (Lipinski definition) is 3. The average Bonchev–Trinajstić information content (AvgIpc) is 2.31. The number of ether oxygens (including phenoxy) is 1. The van der Waals surface area contributed by atoms with E-state index in [1.807, 2.05) is 12.1 Å². The van der Waals surface area contributed by atoms with Crippen molar-refractivity contribution in [2.75, 3.05) is 24.6 Å². The van der Waals surface area contributed by atoms with Crippen LogP contribution in [-0.2, 0) is 10.2 Å². The van der Waals surface area contributed by atoms with Gasteiger partial charge in [-0.1, -0.05) is 26.8 Å². The maximum atomic E-state index is 11.9. The predicted molar refractivity (Wildman–Crippen MR) is 72.0 cm³/mol. The molecule has 1 aliphatic rings. The first-order chi connectivity index (χ1) is 8.43. The molecule has 2 rings (SSSR count). The Balaban J connectivity index is 2.45. The molecule has 0 saturated heterocycles. The van der Waals surface area contributed by atoms with Crippen LogP contribution in [0, 0.1) is 0 Å². The van der Waals surface area contributed by atoms with Gasteiger partial charge in [0.15, 0.2) is 6.61 Å². The van der Waals surface area contributed by atoms with Gasteiger partial charge in [0.25, 0.3) is 5.91 Å². The Hall–Kier alpha value is -1.55. The van der Waals surface area contributed by atoms with Crippen LogP contribution in [0.2, 0.25) is 0 Å². The lowest BCUT2D eigenvalue weighted by molar-refractivity contribution is -0.121. The summed E-state index contributed by atoms with van der Waals surface area (Å²) in [6.45, 7) is 7.52. The molecule has 1 amide bonds. The van der Waals surface area contributed by atoms with Crippen molar-refractivity contribution in [1.82, 2.24) is 0 Å². The van der Waals surface area contributed by atoms with Crippen molar-refractivity contribution in [3.05, 3.63) is 23.8 Å². The number of rotatable bonds is 2. The molecule has 0 fully saturated rings. The summed E-state index contributed by atoms with van der Waals surface area (Å²) in [6.07, 6.45) is 0. The Kier molecular flexibility index (Phi) is 3.30. The van der Waals surface area contributed by atoms with Crippen LogP contribution < -0.4 is 15.4 Å². The molecule has 1 aliphatic heterocycles. The van der Waals surface area contributed by atoms with E-state index in [-0.39, 0.29) is 17.9 Å². The summed E-state index contributed by atoms with van der Waals surface area (Å²) in [5.74, 6) is 0.732. The van der Waals surface area contributed by atoms with E-state index in [9.17, 15) is 4.79 Å². The third kappa shape index (κ3) is 2.34. The Bertz CT molecular complexity index is 463. The normalized spacial score (nSPS) is 15.3. The Morgan fingerprint density at radius 1 is 1.39 bits per heavy atom. The van der Waals surface area contributed by atoms with Crippen LogP contribution in [0.5, 0.6) is 5.75 Å². The van der Waals surface area contributed by atoms with Crippen molar-refractivity contribution in [2.45, 2.75) is 26.2 Å². The van der Waals surface area contributed by atoms with Crippen molar-refractivity contribution in [3.8, 4) is 5.75 Å². The molecule has 4 heteroatoms. The first-order valence-electron chi connectivity index (χ1n) is 6.21. The number of benzene rings is 1. The molecule has 0 saturated carbocycles. The fourth-order valence-electron chi connectivity index (χ4n) is 2.04. The lowest BCUT2D eigenvalue weighted by Crippen LogP contribution is -2.41. The molecule has 0 bridgehead atoms. The van der Waals surface area contributed by atoms with Crippen LogP contribution in [0.3, 0.4) is 0 Å². The molecule has 1 aromatic rings. The lowest BCUT2D eigenvalue weighted by Gasteiger charge is -2.31. The Morgan fingerprint density at radius 2 is 2.11 bits per heavy atom. The summed E-state index contributed by atoms with van der Waals surface area (Å²) in [7, 11) is 0. The van der Waals surface area contributed by atoms with E-state index in [2.05, 4.69) is 26.8 Å². The number of carbonyl (C=O) groups excluding carboxylic acids is 1. The van der Waals surface area contributed by atoms with E-state index in [1.54, 1.807) is 4.90 Å². The van der Waals surface area contributed by atoms with E-state index >= 15 is 0 Å². The minimum absolute atomic E-state index is 0.0287. The molecule has 1 heterocycles. The van der Waals surface area contributed by atoms with E-state index in [4.69, 9.17) is 10.5 Å². The smallest absolute Gasteiger partial charge is 0.265 e. The van der Waals surface area contributed by atoms with Crippen LogP contribution in [0.1, 0.15) is 26.3 Å². The number of hydrogen-bond donors (Lipinski definition) is 1. The van der Waals surface area contributed by atoms with Gasteiger partial charge < -0.3 is 15.4 Å². The highest BCUT2D eigenvalue weighted by Crippen LogP contribution is 2.36. The van der Waals surface area contributed by atoms with Gasteiger partial charge in [-0.3, -0.25) is 4.79 Å². The van der Waals surface area contributed by atoms with E-state index in [0.29, 0.717) is 13.1 Å². The molecule has 4 nitrogen and oxygen atoms in total. The Labute approximate surface area is 108 Å². The largest absolute Gasteiger partial charge is 0.482 e. The number of anilines is 1. The molecular formula is C14H20N2O2. The van der Waals surface area contributed by atoms with Crippen LogP contribution in [0.25, 0.3) is 0 Å². The van der Waals surface area contributed by atoms with Crippen molar-refractivity contribution < 1.29 is 9.53 Å². The summed E-state index contributed by atoms with van der Waals surface area (Å²) in [5, 5.41) is 0. The van der Waals surface area contributed by atoms with E-state index in [1.165, 1.54) is 5.56 Å². The van der Waals surface area contributed by atoms with Gasteiger partial charge in [0.05, 0.1) is 5.69 Å². The van der Waals surface area contributed by atoms with Crippen molar-refractivity contribution in [1.29, 1.82) is 0 Å². The zero-order valence-corrected chi connectivity index (χ0v) is 11.2. The van der Waals surface area contributed by atoms with E-state index < -0.39 is 0 Å². The van der Waals surface area contributed by atoms with Gasteiger partial charge in [-0.05, 0) is 23.1 Å². The second-order valence-corrected chi connectivity index (χ2v) is 5.56. The van der Waals surface area contributed by atoms with Crippen LogP contribution >= 0.6 is 0 Å². The highest BCUT2D eigenvalue weighted by molar-refractivity contribution is 5.98. The summed E-state index contributed by atoms with van der Waals surface area (Å²) in [5.41, 5.74) is 7.63. The molecule has 1 aromatic carbocycles. The van der Waals surface area contributed by atoms with Gasteiger partial charge in [-0.15, -0.1) is 0 Å². The van der Waals surface area contributed by atoms with Crippen molar-refractivity contribution >= 4 is 11.6 Å². The zero-order chi connectivity index (χ0) is 13.3. The molecule has 18 heavy (non-hydrogen) atoms. The number of fused-ring (bicyclic) bond motifs is 1. The van der Waals surface area contributed by atoms with Gasteiger partial charge in [0, 0.05) is 13.1 Å². The third-order valence-electron chi connectivity index (χ3n) is 3.12. The summed E-state index contributed by atoms with van der Waals surface area (Å²) < 4.78 is 5.45. The summed E-state index contributed by atoms with van der Waals surface area (Å²) in [6, 6.07) is 6.02. The monoisotopic (exact) mass is 248 g/mol. The highest BCUT2D eigenvalue weighted by atomic mass is 16.5. The highest BCUT2D eigenvalue weighted by Gasteiger charge is 2.26. The minimum Gasteiger partial charge on any atom is -0.482 e. The second kappa shape index (κ2) is 4.61. The molecule has 0 radical (unpaired) electrons. The van der Waals surface area contributed by atoms with Gasteiger partial charge in [-0.25, -0.2) is 0 Å². The lowest BCUT2D eigenvalue weighted by atomic mass is 9.86. The number of nitrogens with two attached hydrogens (primary N) is 1. The molecular weight excluding hydrogens is 228 g/mol. The minimum atomic E-state index is -0.0287. The molecule has 0 spiro atoms. The summed E-state index contributed by atoms with van der Waals surface area (Å²) >= 11 is 0. The fourth-order valence-corrected chi connectivity index (χ4v) is 2.04. The fraction of sp³-hybridized carbons (Fsp3) is 0.500. The predicted octanol–water partition coefficient (Wildman–Crippen LogP) is 1.67. The van der Waals surface area contributed by atoms with Crippen LogP contribution in [-0.4, -0.2) is 25.6 Å². The quantitative estimate of drug-likeness (QED) is 0.866. The molecule has 0 unspecified atom stereocenters. The van der Waals surface area contributed by atoms with Gasteiger partial charge in [0.2, 0.25) is 0 Å². The summed E-state index contributed by atoms with van der Waals surface area (Å²) in [4.78, 5) is 13.6. The molecule has 0 aliphatic carbocycles. The molecule has 0 aromatic heterocycles. The van der Waals surface area contributed by atoms with Gasteiger partial charge in [0.1, 0.15) is 5.75 Å². The number of nitrogens with zero attached hydrogens (tertiary/aromatic N) is 1. The Morgan fingerprint density at radius 3 is 2.72 bits per heavy atom. The molecule has 2 N–H and O–H groups in total. The third-order valence-corrected chi connectivity index (χ3v) is 3.12. The average molecular weight is 248 g/mol. The number of amides is 1. The van der Waals surface area contributed by atoms with Gasteiger partial charge >= 0.3 is 0 Å². The van der Waals surface area contributed by atoms with E-state index in [0.717, 1.165) is 11.4 Å². The van der Waals surface area contributed by atoms with Crippen molar-refractivity contribution in [2.24, 2.45) is 5.73 Å². The first kappa shape index (κ1) is 12.9. The van der Waals surface area contributed by atoms with Crippen molar-refractivity contribution in [3.63, 3.8) is 0 Å². The first-order valence-corrected chi connectivity index (χ1v) is 6.21. The maximum Gasteiger partial charge on any atom is 0.265 e. The maximum absolute atomic E-state index is 11.9. The standard InChI is InChI=1S/C14H20N2O2/c1-14(2,3)10-4-5-12-11(8-10)16(7-6-15)13(17)9-18-12/h4-5,8H,6-7,9,15H2,1-3H3. The van der Waals surface area contributed by atoms with Gasteiger partial charge in [-0.2, -0.15) is 0 Å². The zero-order valence-electron chi connectivity index (χ0n) is 11.2. The topological polar surface area (TPSA) is 55.6 Å². The number of carbonyl (C=O) groups is 1. The second-order valence-electron chi connectivity index (χ2n) is 5.56. The molecule has 98 valence electrons. The SMILES string of the molecule is CC(C)(C)c1ccc2c(c1)N(CCN)C(=O)CO2. The van der Waals surface area contributed by atoms with Crippen LogP contribution in [0.4, 0.5) is 5.69 Å². The molecule has 0 atom stereocenters. The van der Waals surface area contributed by atoms with Crippen LogP contribution in [0.15, 0.2) is 18.2 Å².